The topological polar surface area (TPSA) is 46.3 Å². The molecule has 1 aliphatic rings. The molecule has 5 heteroatoms. The minimum atomic E-state index is 0.223. The van der Waals surface area contributed by atoms with Crippen molar-refractivity contribution < 1.29 is 4.79 Å². The first kappa shape index (κ1) is 15.9. The highest BCUT2D eigenvalue weighted by molar-refractivity contribution is 9.10. The van der Waals surface area contributed by atoms with Gasteiger partial charge in [-0.1, -0.05) is 15.9 Å². The third kappa shape index (κ3) is 3.77. The fraction of sp³-hybridized carbons (Fsp3) is 0.533. The lowest BCUT2D eigenvalue weighted by atomic mass is 10.1. The number of thioether (sulfide) groups is 1. The van der Waals surface area contributed by atoms with Crippen LogP contribution < -0.4 is 5.73 Å². The Kier molecular flexibility index (Phi) is 5.52. The van der Waals surface area contributed by atoms with Crippen molar-refractivity contribution in [3.63, 3.8) is 0 Å². The lowest BCUT2D eigenvalue weighted by molar-refractivity contribution is -0.128. The van der Waals surface area contributed by atoms with Crippen LogP contribution in [0.15, 0.2) is 27.6 Å². The van der Waals surface area contributed by atoms with Crippen LogP contribution in [0.2, 0.25) is 0 Å². The van der Waals surface area contributed by atoms with Crippen molar-refractivity contribution in [3.8, 4) is 0 Å². The zero-order chi connectivity index (χ0) is 14.7. The maximum Gasteiger partial charge on any atom is 0.233 e. The highest BCUT2D eigenvalue weighted by atomic mass is 79.9. The van der Waals surface area contributed by atoms with E-state index in [1.54, 1.807) is 11.8 Å². The van der Waals surface area contributed by atoms with Crippen LogP contribution in [-0.2, 0) is 4.79 Å². The van der Waals surface area contributed by atoms with Crippen LogP contribution in [0.3, 0.4) is 0 Å². The van der Waals surface area contributed by atoms with Gasteiger partial charge in [-0.3, -0.25) is 4.79 Å². The molecule has 1 amide bonds. The Labute approximate surface area is 133 Å². The number of hydrogen-bond acceptors (Lipinski definition) is 3. The average Bonchev–Trinajstić information content (AvgIpc) is 2.79. The summed E-state index contributed by atoms with van der Waals surface area (Å²) in [7, 11) is 0. The number of halogens is 1. The number of nitrogens with two attached hydrogens (primary N) is 1. The van der Waals surface area contributed by atoms with Gasteiger partial charge < -0.3 is 10.6 Å². The SMILES string of the molecule is Cc1cc(Br)ccc1SCC(=O)N1CC(CN)CC1C. The molecule has 2 rings (SSSR count). The van der Waals surface area contributed by atoms with Crippen LogP contribution in [0.25, 0.3) is 0 Å². The number of rotatable bonds is 4. The molecule has 0 bridgehead atoms. The summed E-state index contributed by atoms with van der Waals surface area (Å²) in [4.78, 5) is 15.5. The Morgan fingerprint density at radius 3 is 2.90 bits per heavy atom. The minimum absolute atomic E-state index is 0.223. The monoisotopic (exact) mass is 356 g/mol. The van der Waals surface area contributed by atoms with Gasteiger partial charge in [-0.15, -0.1) is 11.8 Å². The molecule has 1 fully saturated rings. The molecule has 2 N–H and O–H groups in total. The highest BCUT2D eigenvalue weighted by Crippen LogP contribution is 2.27. The van der Waals surface area contributed by atoms with Gasteiger partial charge in [0.1, 0.15) is 0 Å². The molecule has 20 heavy (non-hydrogen) atoms. The molecule has 3 nitrogen and oxygen atoms in total. The van der Waals surface area contributed by atoms with E-state index in [-0.39, 0.29) is 5.91 Å². The molecule has 0 aromatic heterocycles. The normalized spacial score (nSPS) is 22.3. The molecule has 2 unspecified atom stereocenters. The second-order valence-corrected chi connectivity index (χ2v) is 7.36. The molecule has 1 aliphatic heterocycles. The van der Waals surface area contributed by atoms with Gasteiger partial charge in [0.25, 0.3) is 0 Å². The van der Waals surface area contributed by atoms with E-state index in [9.17, 15) is 4.79 Å². The molecule has 0 radical (unpaired) electrons. The maximum absolute atomic E-state index is 12.3. The summed E-state index contributed by atoms with van der Waals surface area (Å²) in [5.41, 5.74) is 6.91. The molecule has 1 aromatic rings. The largest absolute Gasteiger partial charge is 0.339 e. The molecule has 1 heterocycles. The maximum atomic E-state index is 12.3. The van der Waals surface area contributed by atoms with E-state index in [0.717, 1.165) is 17.4 Å². The van der Waals surface area contributed by atoms with E-state index in [1.807, 2.05) is 11.0 Å². The Bertz CT molecular complexity index is 495. The van der Waals surface area contributed by atoms with Gasteiger partial charge in [-0.2, -0.15) is 0 Å². The molecular weight excluding hydrogens is 336 g/mol. The molecule has 0 spiro atoms. The van der Waals surface area contributed by atoms with Crippen molar-refractivity contribution in [2.24, 2.45) is 11.7 Å². The Hall–Kier alpha value is -0.520. The first-order valence-corrected chi connectivity index (χ1v) is 8.67. The van der Waals surface area contributed by atoms with E-state index in [1.165, 1.54) is 10.5 Å². The summed E-state index contributed by atoms with van der Waals surface area (Å²) in [5, 5.41) is 0. The Morgan fingerprint density at radius 1 is 1.55 bits per heavy atom. The second kappa shape index (κ2) is 6.96. The third-order valence-corrected chi connectivity index (χ3v) is 5.46. The summed E-state index contributed by atoms with van der Waals surface area (Å²) in [5.74, 6) is 1.19. The van der Waals surface area contributed by atoms with E-state index in [0.29, 0.717) is 24.3 Å². The Morgan fingerprint density at radius 2 is 2.30 bits per heavy atom. The van der Waals surface area contributed by atoms with E-state index < -0.39 is 0 Å². The first-order valence-electron chi connectivity index (χ1n) is 6.89. The summed E-state index contributed by atoms with van der Waals surface area (Å²) in [6.45, 7) is 5.67. The van der Waals surface area contributed by atoms with E-state index in [4.69, 9.17) is 5.73 Å². The van der Waals surface area contributed by atoms with Gasteiger partial charge in [-0.05, 0) is 56.5 Å². The van der Waals surface area contributed by atoms with Crippen molar-refractivity contribution in [3.05, 3.63) is 28.2 Å². The molecule has 2 atom stereocenters. The van der Waals surface area contributed by atoms with Crippen molar-refractivity contribution in [2.75, 3.05) is 18.8 Å². The lowest BCUT2D eigenvalue weighted by Gasteiger charge is -2.21. The number of benzene rings is 1. The highest BCUT2D eigenvalue weighted by Gasteiger charge is 2.31. The average molecular weight is 357 g/mol. The first-order chi connectivity index (χ1) is 9.51. The van der Waals surface area contributed by atoms with Gasteiger partial charge in [-0.25, -0.2) is 0 Å². The van der Waals surface area contributed by atoms with Crippen molar-refractivity contribution in [1.29, 1.82) is 0 Å². The quantitative estimate of drug-likeness (QED) is 0.843. The van der Waals surface area contributed by atoms with Gasteiger partial charge in [0.15, 0.2) is 0 Å². The fourth-order valence-corrected chi connectivity index (χ4v) is 4.03. The summed E-state index contributed by atoms with van der Waals surface area (Å²) in [6.07, 6.45) is 1.03. The molecule has 1 aromatic carbocycles. The molecule has 0 aliphatic carbocycles. The molecule has 1 saturated heterocycles. The van der Waals surface area contributed by atoms with E-state index >= 15 is 0 Å². The van der Waals surface area contributed by atoms with E-state index in [2.05, 4.69) is 41.9 Å². The van der Waals surface area contributed by atoms with Crippen LogP contribution in [0.5, 0.6) is 0 Å². The van der Waals surface area contributed by atoms with Crippen LogP contribution in [-0.4, -0.2) is 35.7 Å². The number of amides is 1. The predicted octanol–water partition coefficient (Wildman–Crippen LogP) is 3.05. The summed E-state index contributed by atoms with van der Waals surface area (Å²) in [6, 6.07) is 6.48. The van der Waals surface area contributed by atoms with Gasteiger partial charge in [0.2, 0.25) is 5.91 Å². The smallest absolute Gasteiger partial charge is 0.233 e. The second-order valence-electron chi connectivity index (χ2n) is 5.43. The van der Waals surface area contributed by atoms with Crippen LogP contribution in [0.1, 0.15) is 18.9 Å². The van der Waals surface area contributed by atoms with Crippen molar-refractivity contribution in [2.45, 2.75) is 31.2 Å². The zero-order valence-electron chi connectivity index (χ0n) is 11.9. The molecular formula is C15H21BrN2OS. The van der Waals surface area contributed by atoms with Gasteiger partial charge in [0.05, 0.1) is 5.75 Å². The number of nitrogens with zero attached hydrogens (tertiary/aromatic N) is 1. The standard InChI is InChI=1S/C15H21BrN2OS/c1-10-5-13(16)3-4-14(10)20-9-15(19)18-8-12(7-17)6-11(18)2/h3-5,11-12H,6-9,17H2,1-2H3. The third-order valence-electron chi connectivity index (χ3n) is 3.80. The lowest BCUT2D eigenvalue weighted by Crippen LogP contribution is -2.35. The fourth-order valence-electron chi connectivity index (χ4n) is 2.66. The Balaban J connectivity index is 1.92. The molecule has 110 valence electrons. The van der Waals surface area contributed by atoms with Crippen molar-refractivity contribution in [1.82, 2.24) is 4.90 Å². The number of carbonyl (C=O) groups is 1. The zero-order valence-corrected chi connectivity index (χ0v) is 14.3. The summed E-state index contributed by atoms with van der Waals surface area (Å²) < 4.78 is 1.07. The minimum Gasteiger partial charge on any atom is -0.339 e. The summed E-state index contributed by atoms with van der Waals surface area (Å²) >= 11 is 5.07. The number of hydrogen-bond donors (Lipinski definition) is 1. The van der Waals surface area contributed by atoms with Gasteiger partial charge >= 0.3 is 0 Å². The number of likely N-dealkylation sites (tertiary alicyclic amines) is 1. The van der Waals surface area contributed by atoms with Crippen LogP contribution in [0.4, 0.5) is 0 Å². The number of aryl methyl sites for hydroxylation is 1. The van der Waals surface area contributed by atoms with Crippen LogP contribution >= 0.6 is 27.7 Å². The van der Waals surface area contributed by atoms with Gasteiger partial charge in [0, 0.05) is 22.0 Å². The predicted molar refractivity (Wildman–Crippen MR) is 87.9 cm³/mol. The molecule has 0 saturated carbocycles. The number of carbonyl (C=O) groups excluding carboxylic acids is 1. The van der Waals surface area contributed by atoms with Crippen molar-refractivity contribution >= 4 is 33.6 Å². The van der Waals surface area contributed by atoms with Crippen LogP contribution in [0, 0.1) is 12.8 Å².